The molecular formula is C27H23ClN4O4S. The molecule has 1 unspecified atom stereocenters. The summed E-state index contributed by atoms with van der Waals surface area (Å²) in [5.74, 6) is -1.18. The van der Waals surface area contributed by atoms with E-state index >= 15 is 0 Å². The maximum Gasteiger partial charge on any atom is 0.338 e. The molecule has 0 saturated carbocycles. The van der Waals surface area contributed by atoms with Crippen molar-refractivity contribution in [2.75, 3.05) is 16.8 Å². The number of pyridine rings is 1. The number of benzene rings is 2. The minimum absolute atomic E-state index is 0.108. The molecule has 1 N–H and O–H groups in total. The number of carbonyl (C=O) groups excluding carboxylic acids is 3. The average molecular weight is 535 g/mol. The Kier molecular flexibility index (Phi) is 8.27. The SMILES string of the molecule is C=CCOC(=O)c1ccc(NC(=O)CC2C(=O)N(c3ccc(Cl)cc3)C(=S)N2Cc2cccnc2)cc1. The van der Waals surface area contributed by atoms with E-state index in [0.29, 0.717) is 28.5 Å². The van der Waals surface area contributed by atoms with Crippen LogP contribution in [0.15, 0.2) is 85.7 Å². The Balaban J connectivity index is 1.51. The Bertz CT molecular complexity index is 1320. The molecule has 37 heavy (non-hydrogen) atoms. The summed E-state index contributed by atoms with van der Waals surface area (Å²) >= 11 is 11.7. The number of ether oxygens (including phenoxy) is 1. The average Bonchev–Trinajstić information content (AvgIpc) is 3.12. The van der Waals surface area contributed by atoms with Crippen LogP contribution in [0.2, 0.25) is 5.02 Å². The zero-order chi connectivity index (χ0) is 26.4. The van der Waals surface area contributed by atoms with Gasteiger partial charge in [0, 0.05) is 29.6 Å². The topological polar surface area (TPSA) is 91.8 Å². The normalized spacial score (nSPS) is 15.0. The Hall–Kier alpha value is -4.08. The van der Waals surface area contributed by atoms with Gasteiger partial charge in [0.25, 0.3) is 5.91 Å². The lowest BCUT2D eigenvalue weighted by Crippen LogP contribution is -2.37. The van der Waals surface area contributed by atoms with Gasteiger partial charge in [-0.05, 0) is 72.4 Å². The van der Waals surface area contributed by atoms with Crippen molar-refractivity contribution in [1.82, 2.24) is 9.88 Å². The van der Waals surface area contributed by atoms with Gasteiger partial charge in [-0.3, -0.25) is 19.5 Å². The summed E-state index contributed by atoms with van der Waals surface area (Å²) < 4.78 is 5.01. The molecule has 1 atom stereocenters. The van der Waals surface area contributed by atoms with Crippen molar-refractivity contribution in [1.29, 1.82) is 0 Å². The van der Waals surface area contributed by atoms with Gasteiger partial charge in [-0.2, -0.15) is 0 Å². The van der Waals surface area contributed by atoms with Crippen molar-refractivity contribution < 1.29 is 19.1 Å². The van der Waals surface area contributed by atoms with Gasteiger partial charge in [0.2, 0.25) is 5.91 Å². The Morgan fingerprint density at radius 2 is 1.86 bits per heavy atom. The second-order valence-corrected chi connectivity index (χ2v) is 8.96. The number of esters is 1. The maximum absolute atomic E-state index is 13.5. The summed E-state index contributed by atoms with van der Waals surface area (Å²) in [6, 6.07) is 15.9. The molecule has 0 radical (unpaired) electrons. The molecule has 4 rings (SSSR count). The van der Waals surface area contributed by atoms with E-state index in [4.69, 9.17) is 28.6 Å². The molecule has 10 heteroatoms. The van der Waals surface area contributed by atoms with Crippen LogP contribution in [-0.4, -0.2) is 45.4 Å². The van der Waals surface area contributed by atoms with E-state index in [1.807, 2.05) is 6.07 Å². The number of thiocarbonyl (C=S) groups is 1. The Labute approximate surface area is 224 Å². The van der Waals surface area contributed by atoms with Gasteiger partial charge < -0.3 is 15.0 Å². The molecule has 0 spiro atoms. The smallest absolute Gasteiger partial charge is 0.338 e. The van der Waals surface area contributed by atoms with Crippen LogP contribution in [0.3, 0.4) is 0 Å². The van der Waals surface area contributed by atoms with Crippen molar-refractivity contribution in [3.05, 3.63) is 102 Å². The highest BCUT2D eigenvalue weighted by molar-refractivity contribution is 7.80. The van der Waals surface area contributed by atoms with Crippen molar-refractivity contribution in [2.45, 2.75) is 19.0 Å². The first-order valence-electron chi connectivity index (χ1n) is 11.3. The number of hydrogen-bond acceptors (Lipinski definition) is 6. The Morgan fingerprint density at radius 3 is 2.51 bits per heavy atom. The highest BCUT2D eigenvalue weighted by Crippen LogP contribution is 2.29. The molecule has 1 aromatic heterocycles. The second-order valence-electron chi connectivity index (χ2n) is 8.15. The van der Waals surface area contributed by atoms with Gasteiger partial charge in [0.15, 0.2) is 5.11 Å². The van der Waals surface area contributed by atoms with E-state index in [0.717, 1.165) is 5.56 Å². The minimum Gasteiger partial charge on any atom is -0.458 e. The van der Waals surface area contributed by atoms with Crippen LogP contribution in [0, 0.1) is 0 Å². The number of hydrogen-bond donors (Lipinski definition) is 1. The Morgan fingerprint density at radius 1 is 1.14 bits per heavy atom. The molecule has 188 valence electrons. The van der Waals surface area contributed by atoms with Gasteiger partial charge in [-0.15, -0.1) is 0 Å². The van der Waals surface area contributed by atoms with Crippen LogP contribution < -0.4 is 10.2 Å². The number of nitrogens with one attached hydrogen (secondary N) is 1. The van der Waals surface area contributed by atoms with Gasteiger partial charge in [0.1, 0.15) is 12.6 Å². The fraction of sp³-hybridized carbons (Fsp3) is 0.148. The quantitative estimate of drug-likeness (QED) is 0.243. The van der Waals surface area contributed by atoms with Gasteiger partial charge >= 0.3 is 5.97 Å². The molecule has 0 bridgehead atoms. The predicted octanol–water partition coefficient (Wildman–Crippen LogP) is 4.61. The van der Waals surface area contributed by atoms with E-state index in [1.165, 1.54) is 11.0 Å². The molecule has 2 aromatic carbocycles. The van der Waals surface area contributed by atoms with Crippen LogP contribution >= 0.6 is 23.8 Å². The molecular weight excluding hydrogens is 512 g/mol. The fourth-order valence-corrected chi connectivity index (χ4v) is 4.34. The lowest BCUT2D eigenvalue weighted by atomic mass is 10.1. The molecule has 1 aliphatic heterocycles. The molecule has 3 aromatic rings. The summed E-state index contributed by atoms with van der Waals surface area (Å²) in [6.07, 6.45) is 4.70. The third-order valence-corrected chi connectivity index (χ3v) is 6.26. The number of rotatable bonds is 9. The molecule has 2 amide bonds. The van der Waals surface area contributed by atoms with Crippen LogP contribution in [0.25, 0.3) is 0 Å². The number of aromatic nitrogens is 1. The van der Waals surface area contributed by atoms with Gasteiger partial charge in [0.05, 0.1) is 17.7 Å². The van der Waals surface area contributed by atoms with E-state index in [1.54, 1.807) is 71.9 Å². The molecule has 0 aliphatic carbocycles. The highest BCUT2D eigenvalue weighted by Gasteiger charge is 2.44. The number of carbonyl (C=O) groups is 3. The second kappa shape index (κ2) is 11.8. The van der Waals surface area contributed by atoms with Crippen molar-refractivity contribution >= 4 is 58.1 Å². The molecule has 1 fully saturated rings. The molecule has 1 aliphatic rings. The summed E-state index contributed by atoms with van der Waals surface area (Å²) in [4.78, 5) is 45.7. The van der Waals surface area contributed by atoms with Crippen LogP contribution in [0.5, 0.6) is 0 Å². The summed E-state index contributed by atoms with van der Waals surface area (Å²) in [5.41, 5.74) is 2.24. The minimum atomic E-state index is -0.823. The van der Waals surface area contributed by atoms with Crippen molar-refractivity contribution in [3.63, 3.8) is 0 Å². The number of anilines is 2. The van der Waals surface area contributed by atoms with E-state index in [-0.39, 0.29) is 30.0 Å². The third-order valence-electron chi connectivity index (χ3n) is 5.59. The summed E-state index contributed by atoms with van der Waals surface area (Å²) in [7, 11) is 0. The first-order chi connectivity index (χ1) is 17.9. The van der Waals surface area contributed by atoms with E-state index in [2.05, 4.69) is 16.9 Å². The molecule has 2 heterocycles. The third kappa shape index (κ3) is 6.19. The number of nitrogens with zero attached hydrogens (tertiary/aromatic N) is 3. The lowest BCUT2D eigenvalue weighted by Gasteiger charge is -2.23. The first kappa shape index (κ1) is 26.0. The number of amides is 2. The molecule has 8 nitrogen and oxygen atoms in total. The van der Waals surface area contributed by atoms with Crippen LogP contribution in [-0.2, 0) is 20.9 Å². The first-order valence-corrected chi connectivity index (χ1v) is 12.1. The van der Waals surface area contributed by atoms with E-state index in [9.17, 15) is 14.4 Å². The van der Waals surface area contributed by atoms with Crippen molar-refractivity contribution in [3.8, 4) is 0 Å². The highest BCUT2D eigenvalue weighted by atomic mass is 35.5. The van der Waals surface area contributed by atoms with Crippen LogP contribution in [0.4, 0.5) is 11.4 Å². The standard InChI is InChI=1S/C27H23ClN4O4S/c1-2-14-36-26(35)19-5-9-21(10-6-19)30-24(33)15-23-25(34)32(22-11-7-20(28)8-12-22)27(37)31(23)17-18-4-3-13-29-16-18/h2-13,16,23H,1,14-15,17H2,(H,30,33). The van der Waals surface area contributed by atoms with Gasteiger partial charge in [-0.1, -0.05) is 30.3 Å². The zero-order valence-corrected chi connectivity index (χ0v) is 21.2. The zero-order valence-electron chi connectivity index (χ0n) is 19.7. The summed E-state index contributed by atoms with van der Waals surface area (Å²) in [5, 5.41) is 3.60. The number of halogens is 1. The maximum atomic E-state index is 13.5. The fourth-order valence-electron chi connectivity index (χ4n) is 3.83. The lowest BCUT2D eigenvalue weighted by molar-refractivity contribution is -0.124. The monoisotopic (exact) mass is 534 g/mol. The van der Waals surface area contributed by atoms with Crippen molar-refractivity contribution in [2.24, 2.45) is 0 Å². The summed E-state index contributed by atoms with van der Waals surface area (Å²) in [6.45, 7) is 3.92. The largest absolute Gasteiger partial charge is 0.458 e. The predicted molar refractivity (Wildman–Crippen MR) is 145 cm³/mol. The van der Waals surface area contributed by atoms with Gasteiger partial charge in [-0.25, -0.2) is 4.79 Å². The molecule has 1 saturated heterocycles. The van der Waals surface area contributed by atoms with Crippen LogP contribution in [0.1, 0.15) is 22.3 Å². The van der Waals surface area contributed by atoms with E-state index < -0.39 is 12.0 Å².